The number of benzene rings is 1. The van der Waals surface area contributed by atoms with Gasteiger partial charge in [-0.05, 0) is 37.6 Å². The molecule has 5 heteroatoms. The minimum absolute atomic E-state index is 0.335. The average molecular weight is 268 g/mol. The third kappa shape index (κ3) is 2.84. The molecule has 0 N–H and O–H groups in total. The summed E-state index contributed by atoms with van der Waals surface area (Å²) in [5.74, 6) is 0.0600. The molecule has 2 rings (SSSR count). The summed E-state index contributed by atoms with van der Waals surface area (Å²) < 4.78 is 5.25. The van der Waals surface area contributed by atoms with Crippen molar-refractivity contribution >= 4 is 28.9 Å². The molecule has 3 nitrogen and oxygen atoms in total. The summed E-state index contributed by atoms with van der Waals surface area (Å²) in [7, 11) is 0. The van der Waals surface area contributed by atoms with Crippen molar-refractivity contribution in [2.24, 2.45) is 0 Å². The van der Waals surface area contributed by atoms with Crippen LogP contribution in [0.25, 0.3) is 0 Å². The lowest BCUT2D eigenvalue weighted by Gasteiger charge is -2.05. The largest absolute Gasteiger partial charge is 0.422 e. The predicted octanol–water partition coefficient (Wildman–Crippen LogP) is 3.63. The fourth-order valence-corrected chi connectivity index (χ4v) is 2.15. The van der Waals surface area contributed by atoms with E-state index in [1.54, 1.807) is 23.6 Å². The van der Waals surface area contributed by atoms with Crippen molar-refractivity contribution in [3.05, 3.63) is 44.9 Å². The molecule has 88 valence electrons. The Hall–Kier alpha value is -1.39. The summed E-state index contributed by atoms with van der Waals surface area (Å²) in [5, 5.41) is 3.14. The van der Waals surface area contributed by atoms with Crippen LogP contribution in [0, 0.1) is 13.8 Å². The van der Waals surface area contributed by atoms with Gasteiger partial charge in [-0.25, -0.2) is 9.78 Å². The van der Waals surface area contributed by atoms with Crippen molar-refractivity contribution in [1.82, 2.24) is 4.98 Å². The van der Waals surface area contributed by atoms with E-state index in [1.807, 2.05) is 13.8 Å². The lowest BCUT2D eigenvalue weighted by Crippen LogP contribution is -2.09. The number of hydrogen-bond donors (Lipinski definition) is 0. The van der Waals surface area contributed by atoms with E-state index in [0.717, 1.165) is 10.6 Å². The van der Waals surface area contributed by atoms with Crippen LogP contribution in [-0.2, 0) is 0 Å². The van der Waals surface area contributed by atoms with Gasteiger partial charge in [-0.2, -0.15) is 0 Å². The van der Waals surface area contributed by atoms with E-state index in [2.05, 4.69) is 4.98 Å². The number of carbonyl (C=O) groups is 1. The van der Waals surface area contributed by atoms with E-state index in [9.17, 15) is 4.79 Å². The van der Waals surface area contributed by atoms with Crippen LogP contribution in [0.3, 0.4) is 0 Å². The third-order valence-corrected chi connectivity index (χ3v) is 3.18. The van der Waals surface area contributed by atoms with E-state index in [4.69, 9.17) is 16.3 Å². The molecule has 1 aromatic carbocycles. The summed E-state index contributed by atoms with van der Waals surface area (Å²) in [6, 6.07) is 5.11. The molecule has 0 spiro atoms. The van der Waals surface area contributed by atoms with E-state index >= 15 is 0 Å². The molecule has 0 saturated heterocycles. The first-order chi connectivity index (χ1) is 8.06. The quantitative estimate of drug-likeness (QED) is 0.616. The molecule has 0 atom stereocenters. The van der Waals surface area contributed by atoms with Crippen LogP contribution in [0.2, 0.25) is 5.02 Å². The Morgan fingerprint density at radius 3 is 2.76 bits per heavy atom. The molecule has 0 radical (unpaired) electrons. The van der Waals surface area contributed by atoms with Crippen molar-refractivity contribution in [2.45, 2.75) is 13.8 Å². The normalized spacial score (nSPS) is 10.3. The van der Waals surface area contributed by atoms with Crippen molar-refractivity contribution < 1.29 is 9.53 Å². The minimum Gasteiger partial charge on any atom is -0.422 e. The highest BCUT2D eigenvalue weighted by atomic mass is 35.5. The summed E-state index contributed by atoms with van der Waals surface area (Å²) in [6.45, 7) is 3.68. The summed E-state index contributed by atoms with van der Waals surface area (Å²) in [6.07, 6.45) is 0. The summed E-state index contributed by atoms with van der Waals surface area (Å²) >= 11 is 7.24. The Bertz CT molecular complexity index is 565. The van der Waals surface area contributed by atoms with Gasteiger partial charge in [0.25, 0.3) is 0 Å². The van der Waals surface area contributed by atoms with Crippen LogP contribution < -0.4 is 4.74 Å². The summed E-state index contributed by atoms with van der Waals surface area (Å²) in [5.41, 5.74) is 1.15. The maximum absolute atomic E-state index is 11.8. The molecule has 0 saturated carbocycles. The molecule has 0 bridgehead atoms. The van der Waals surface area contributed by atoms with Gasteiger partial charge in [0, 0.05) is 10.4 Å². The van der Waals surface area contributed by atoms with Crippen LogP contribution >= 0.6 is 22.9 Å². The van der Waals surface area contributed by atoms with E-state index in [1.165, 1.54) is 11.3 Å². The average Bonchev–Trinajstić information content (AvgIpc) is 2.69. The first-order valence-corrected chi connectivity index (χ1v) is 6.22. The fourth-order valence-electron chi connectivity index (χ4n) is 1.34. The molecule has 0 fully saturated rings. The van der Waals surface area contributed by atoms with Crippen molar-refractivity contribution in [1.29, 1.82) is 0 Å². The second-order valence-electron chi connectivity index (χ2n) is 3.55. The zero-order valence-corrected chi connectivity index (χ0v) is 10.9. The van der Waals surface area contributed by atoms with Gasteiger partial charge in [0.05, 0.1) is 5.01 Å². The minimum atomic E-state index is -0.445. The highest BCUT2D eigenvalue weighted by Gasteiger charge is 2.13. The van der Waals surface area contributed by atoms with Gasteiger partial charge in [0.15, 0.2) is 5.69 Å². The van der Waals surface area contributed by atoms with Crippen molar-refractivity contribution in [2.75, 3.05) is 0 Å². The number of thiazole rings is 1. The lowest BCUT2D eigenvalue weighted by molar-refractivity contribution is 0.0728. The van der Waals surface area contributed by atoms with Gasteiger partial charge in [-0.15, -0.1) is 11.3 Å². The topological polar surface area (TPSA) is 39.2 Å². The van der Waals surface area contributed by atoms with Crippen molar-refractivity contribution in [3.63, 3.8) is 0 Å². The van der Waals surface area contributed by atoms with E-state index in [-0.39, 0.29) is 0 Å². The molecule has 1 aromatic heterocycles. The van der Waals surface area contributed by atoms with Gasteiger partial charge in [0.1, 0.15) is 5.75 Å². The summed E-state index contributed by atoms with van der Waals surface area (Å²) in [4.78, 5) is 15.8. The SMILES string of the molecule is Cc1nc(C(=O)Oc2ccc(Cl)cc2C)cs1. The monoisotopic (exact) mass is 267 g/mol. The van der Waals surface area contributed by atoms with Crippen LogP contribution in [0.1, 0.15) is 21.1 Å². The number of esters is 1. The first-order valence-electron chi connectivity index (χ1n) is 4.97. The molecule has 0 amide bonds. The second-order valence-corrected chi connectivity index (χ2v) is 5.05. The smallest absolute Gasteiger partial charge is 0.363 e. The number of rotatable bonds is 2. The maximum atomic E-state index is 11.8. The number of aromatic nitrogens is 1. The van der Waals surface area contributed by atoms with Gasteiger partial charge >= 0.3 is 5.97 Å². The molecule has 0 aliphatic heterocycles. The van der Waals surface area contributed by atoms with E-state index < -0.39 is 5.97 Å². The number of aryl methyl sites for hydroxylation is 2. The van der Waals surface area contributed by atoms with Crippen LogP contribution in [0.4, 0.5) is 0 Å². The number of nitrogens with zero attached hydrogens (tertiary/aromatic N) is 1. The highest BCUT2D eigenvalue weighted by Crippen LogP contribution is 2.22. The van der Waals surface area contributed by atoms with Gasteiger partial charge in [-0.3, -0.25) is 0 Å². The lowest BCUT2D eigenvalue weighted by atomic mass is 10.2. The fraction of sp³-hybridized carbons (Fsp3) is 0.167. The van der Waals surface area contributed by atoms with Crippen LogP contribution in [0.5, 0.6) is 5.75 Å². The second kappa shape index (κ2) is 4.85. The Labute approximate surface area is 108 Å². The molecular formula is C12H10ClNO2S. The standard InChI is InChI=1S/C12H10ClNO2S/c1-7-5-9(13)3-4-11(7)16-12(15)10-6-17-8(2)14-10/h3-6H,1-2H3. The molecule has 1 heterocycles. The predicted molar refractivity (Wildman–Crippen MR) is 68.0 cm³/mol. The zero-order valence-electron chi connectivity index (χ0n) is 9.36. The molecule has 0 unspecified atom stereocenters. The Morgan fingerprint density at radius 1 is 1.41 bits per heavy atom. The number of hydrogen-bond acceptors (Lipinski definition) is 4. The zero-order chi connectivity index (χ0) is 12.4. The molecular weight excluding hydrogens is 258 g/mol. The first kappa shape index (κ1) is 12.1. The Morgan fingerprint density at radius 2 is 2.18 bits per heavy atom. The Balaban J connectivity index is 2.18. The van der Waals surface area contributed by atoms with Gasteiger partial charge in [0.2, 0.25) is 0 Å². The maximum Gasteiger partial charge on any atom is 0.363 e. The van der Waals surface area contributed by atoms with Crippen LogP contribution in [-0.4, -0.2) is 11.0 Å². The van der Waals surface area contributed by atoms with Crippen molar-refractivity contribution in [3.8, 4) is 5.75 Å². The molecule has 17 heavy (non-hydrogen) atoms. The highest BCUT2D eigenvalue weighted by molar-refractivity contribution is 7.09. The molecule has 0 aliphatic carbocycles. The number of carbonyl (C=O) groups excluding carboxylic acids is 1. The third-order valence-electron chi connectivity index (χ3n) is 2.17. The molecule has 2 aromatic rings. The van der Waals surface area contributed by atoms with Gasteiger partial charge in [-0.1, -0.05) is 11.6 Å². The number of halogens is 1. The Kier molecular flexibility index (Phi) is 3.45. The molecule has 0 aliphatic rings. The number of ether oxygens (including phenoxy) is 1. The van der Waals surface area contributed by atoms with Crippen LogP contribution in [0.15, 0.2) is 23.6 Å². The van der Waals surface area contributed by atoms with E-state index in [0.29, 0.717) is 16.5 Å². The van der Waals surface area contributed by atoms with Gasteiger partial charge < -0.3 is 4.74 Å².